The molecule has 136 valence electrons. The zero-order chi connectivity index (χ0) is 18.0. The van der Waals surface area contributed by atoms with E-state index in [1.165, 1.54) is 0 Å². The third-order valence-corrected chi connectivity index (χ3v) is 5.43. The lowest BCUT2D eigenvalue weighted by Crippen LogP contribution is -2.53. The number of ether oxygens (including phenoxy) is 1. The minimum atomic E-state index is -0.345. The summed E-state index contributed by atoms with van der Waals surface area (Å²) in [6.07, 6.45) is 2.07. The number of nitrogens with zero attached hydrogens (tertiary/aromatic N) is 2. The maximum absolute atomic E-state index is 12.5. The zero-order valence-electron chi connectivity index (χ0n) is 15.2. The smallest absolute Gasteiger partial charge is 0.321 e. The van der Waals surface area contributed by atoms with Crippen LogP contribution < -0.4 is 5.32 Å². The molecule has 2 fully saturated rings. The maximum atomic E-state index is 12.5. The van der Waals surface area contributed by atoms with E-state index in [1.807, 2.05) is 35.2 Å². The highest BCUT2D eigenvalue weighted by Gasteiger charge is 2.49. The van der Waals surface area contributed by atoms with Crippen molar-refractivity contribution in [1.29, 1.82) is 0 Å². The summed E-state index contributed by atoms with van der Waals surface area (Å²) in [4.78, 5) is 28.1. The Morgan fingerprint density at radius 2 is 1.96 bits per heavy atom. The summed E-state index contributed by atoms with van der Waals surface area (Å²) < 4.78 is 6.22. The predicted octanol–water partition coefficient (Wildman–Crippen LogP) is 2.57. The van der Waals surface area contributed by atoms with Gasteiger partial charge in [-0.05, 0) is 31.4 Å². The van der Waals surface area contributed by atoms with Gasteiger partial charge in [-0.3, -0.25) is 4.79 Å². The van der Waals surface area contributed by atoms with Crippen LogP contribution in [0, 0.1) is 5.92 Å². The van der Waals surface area contributed by atoms with E-state index in [4.69, 9.17) is 4.74 Å². The molecule has 0 saturated carbocycles. The second-order valence-electron chi connectivity index (χ2n) is 7.34. The Balaban J connectivity index is 1.59. The van der Waals surface area contributed by atoms with E-state index in [-0.39, 0.29) is 29.6 Å². The Morgan fingerprint density at radius 3 is 2.60 bits per heavy atom. The van der Waals surface area contributed by atoms with Crippen molar-refractivity contribution < 1.29 is 14.3 Å². The molecule has 3 amide bonds. The first-order valence-electron chi connectivity index (χ1n) is 8.91. The molecule has 2 saturated heterocycles. The molecule has 1 spiro atoms. The first-order chi connectivity index (χ1) is 11.9. The van der Waals surface area contributed by atoms with Crippen LogP contribution in [-0.4, -0.2) is 60.6 Å². The molecule has 6 heteroatoms. The highest BCUT2D eigenvalue weighted by atomic mass is 16.5. The Kier molecular flexibility index (Phi) is 4.99. The molecule has 25 heavy (non-hydrogen) atoms. The second kappa shape index (κ2) is 7.04. The monoisotopic (exact) mass is 345 g/mol. The third kappa shape index (κ3) is 3.63. The highest BCUT2D eigenvalue weighted by Crippen LogP contribution is 2.42. The summed E-state index contributed by atoms with van der Waals surface area (Å²) in [5.74, 6) is 0.232. The fraction of sp³-hybridized carbons (Fsp3) is 0.579. The van der Waals surface area contributed by atoms with Crippen molar-refractivity contribution in [3.8, 4) is 0 Å². The average Bonchev–Trinajstić information content (AvgIpc) is 3.03. The van der Waals surface area contributed by atoms with E-state index < -0.39 is 0 Å². The van der Waals surface area contributed by atoms with Gasteiger partial charge in [0.25, 0.3) is 5.91 Å². The molecule has 1 aromatic carbocycles. The average molecular weight is 345 g/mol. The fourth-order valence-electron chi connectivity index (χ4n) is 3.85. The number of likely N-dealkylation sites (tertiary alicyclic amines) is 1. The van der Waals surface area contributed by atoms with Crippen LogP contribution in [0.5, 0.6) is 0 Å². The molecule has 1 N–H and O–H groups in total. The van der Waals surface area contributed by atoms with Crippen LogP contribution in [-0.2, 0) is 9.53 Å². The number of carbonyl (C=O) groups excluding carboxylic acids is 2. The number of piperidine rings is 1. The Hall–Kier alpha value is -2.08. The molecule has 6 nitrogen and oxygen atoms in total. The van der Waals surface area contributed by atoms with Gasteiger partial charge in [0.1, 0.15) is 6.10 Å². The number of amides is 3. The molecule has 0 aliphatic carbocycles. The standard InChI is InChI=1S/C19H27N3O3/c1-14-13-22(18(24)20-15-7-5-4-6-8-15)12-11-19(14)10-9-16(25-19)17(23)21(2)3/h4-8,14,16H,9-13H2,1-3H3,(H,20,24)/t14-,16-,19+/m0/s1. The van der Waals surface area contributed by atoms with Crippen molar-refractivity contribution in [2.75, 3.05) is 32.5 Å². The number of anilines is 1. The van der Waals surface area contributed by atoms with E-state index in [0.29, 0.717) is 13.1 Å². The van der Waals surface area contributed by atoms with E-state index in [0.717, 1.165) is 24.9 Å². The van der Waals surface area contributed by atoms with Gasteiger partial charge in [0.05, 0.1) is 5.60 Å². The normalized spacial score (nSPS) is 28.8. The van der Waals surface area contributed by atoms with Gasteiger partial charge in [0.15, 0.2) is 0 Å². The van der Waals surface area contributed by atoms with Crippen LogP contribution in [0.1, 0.15) is 26.2 Å². The quantitative estimate of drug-likeness (QED) is 0.896. The molecule has 2 heterocycles. The van der Waals surface area contributed by atoms with Crippen molar-refractivity contribution in [3.63, 3.8) is 0 Å². The summed E-state index contributed by atoms with van der Waals surface area (Å²) in [7, 11) is 3.52. The minimum absolute atomic E-state index is 0.0355. The number of hydrogen-bond acceptors (Lipinski definition) is 3. The third-order valence-electron chi connectivity index (χ3n) is 5.43. The number of benzene rings is 1. The SMILES string of the molecule is C[C@H]1CN(C(=O)Nc2ccccc2)CC[C@]12CC[C@@H](C(=O)N(C)C)O2. The number of likely N-dealkylation sites (N-methyl/N-ethyl adjacent to an activating group) is 1. The topological polar surface area (TPSA) is 61.9 Å². The van der Waals surface area contributed by atoms with Crippen LogP contribution in [0.25, 0.3) is 0 Å². The Labute approximate surface area is 149 Å². The number of nitrogens with one attached hydrogen (secondary N) is 1. The molecular weight excluding hydrogens is 318 g/mol. The van der Waals surface area contributed by atoms with Gasteiger partial charge >= 0.3 is 6.03 Å². The molecule has 0 radical (unpaired) electrons. The summed E-state index contributed by atoms with van der Waals surface area (Å²) in [5.41, 5.74) is 0.522. The number of carbonyl (C=O) groups is 2. The molecule has 3 rings (SSSR count). The summed E-state index contributed by atoms with van der Waals surface area (Å²) in [5, 5.41) is 2.94. The minimum Gasteiger partial charge on any atom is -0.362 e. The van der Waals surface area contributed by atoms with Crippen LogP contribution in [0.2, 0.25) is 0 Å². The molecule has 0 bridgehead atoms. The number of para-hydroxylation sites is 1. The van der Waals surface area contributed by atoms with Gasteiger partial charge in [-0.15, -0.1) is 0 Å². The van der Waals surface area contributed by atoms with E-state index >= 15 is 0 Å². The number of urea groups is 1. The number of rotatable bonds is 2. The van der Waals surface area contributed by atoms with E-state index in [1.54, 1.807) is 19.0 Å². The highest BCUT2D eigenvalue weighted by molar-refractivity contribution is 5.89. The first-order valence-corrected chi connectivity index (χ1v) is 8.91. The van der Waals surface area contributed by atoms with Gasteiger partial charge in [-0.1, -0.05) is 25.1 Å². The van der Waals surface area contributed by atoms with Gasteiger partial charge in [-0.25, -0.2) is 4.79 Å². The summed E-state index contributed by atoms with van der Waals surface area (Å²) >= 11 is 0. The lowest BCUT2D eigenvalue weighted by Gasteiger charge is -2.44. The lowest BCUT2D eigenvalue weighted by molar-refractivity contribution is -0.153. The lowest BCUT2D eigenvalue weighted by atomic mass is 9.80. The molecular formula is C19H27N3O3. The number of hydrogen-bond donors (Lipinski definition) is 1. The van der Waals surface area contributed by atoms with Gasteiger partial charge in [0.2, 0.25) is 0 Å². The van der Waals surface area contributed by atoms with E-state index in [2.05, 4.69) is 12.2 Å². The summed E-state index contributed by atoms with van der Waals surface area (Å²) in [6.45, 7) is 3.40. The van der Waals surface area contributed by atoms with Gasteiger partial charge in [0, 0.05) is 38.8 Å². The second-order valence-corrected chi connectivity index (χ2v) is 7.34. The Bertz CT molecular complexity index is 634. The van der Waals surface area contributed by atoms with Gasteiger partial charge in [-0.2, -0.15) is 0 Å². The van der Waals surface area contributed by atoms with Crippen molar-refractivity contribution in [3.05, 3.63) is 30.3 Å². The molecule has 3 atom stereocenters. The van der Waals surface area contributed by atoms with Crippen molar-refractivity contribution in [2.45, 2.75) is 37.9 Å². The van der Waals surface area contributed by atoms with Crippen molar-refractivity contribution in [1.82, 2.24) is 9.80 Å². The Morgan fingerprint density at radius 1 is 1.24 bits per heavy atom. The maximum Gasteiger partial charge on any atom is 0.321 e. The van der Waals surface area contributed by atoms with Crippen molar-refractivity contribution >= 4 is 17.6 Å². The molecule has 1 aromatic rings. The van der Waals surface area contributed by atoms with Crippen LogP contribution in [0.4, 0.5) is 10.5 Å². The molecule has 2 aliphatic rings. The van der Waals surface area contributed by atoms with Crippen LogP contribution in [0.3, 0.4) is 0 Å². The fourth-order valence-corrected chi connectivity index (χ4v) is 3.85. The zero-order valence-corrected chi connectivity index (χ0v) is 15.2. The van der Waals surface area contributed by atoms with Gasteiger partial charge < -0.3 is 19.9 Å². The molecule has 2 aliphatic heterocycles. The van der Waals surface area contributed by atoms with Crippen LogP contribution >= 0.6 is 0 Å². The molecule has 0 unspecified atom stereocenters. The predicted molar refractivity (Wildman–Crippen MR) is 96.3 cm³/mol. The largest absolute Gasteiger partial charge is 0.362 e. The first kappa shape index (κ1) is 17.7. The summed E-state index contributed by atoms with van der Waals surface area (Å²) in [6, 6.07) is 9.40. The van der Waals surface area contributed by atoms with E-state index in [9.17, 15) is 9.59 Å². The van der Waals surface area contributed by atoms with Crippen LogP contribution in [0.15, 0.2) is 30.3 Å². The van der Waals surface area contributed by atoms with Crippen molar-refractivity contribution in [2.24, 2.45) is 5.92 Å². The molecule has 0 aromatic heterocycles.